The van der Waals surface area contributed by atoms with E-state index in [1.54, 1.807) is 30.3 Å². The van der Waals surface area contributed by atoms with Gasteiger partial charge in [-0.1, -0.05) is 18.2 Å². The van der Waals surface area contributed by atoms with E-state index in [4.69, 9.17) is 10.00 Å². The quantitative estimate of drug-likeness (QED) is 0.609. The van der Waals surface area contributed by atoms with Crippen LogP contribution < -0.4 is 5.32 Å². The number of allylic oxidation sites excluding steroid dienone is 1. The number of hydrogen-bond acceptors (Lipinski definition) is 6. The maximum atomic E-state index is 12.0. The highest BCUT2D eigenvalue weighted by Crippen LogP contribution is 2.29. The van der Waals surface area contributed by atoms with E-state index < -0.39 is 5.97 Å². The number of carbonyl (C=O) groups is 2. The van der Waals surface area contributed by atoms with Gasteiger partial charge in [-0.15, -0.1) is 17.9 Å². The van der Waals surface area contributed by atoms with Crippen molar-refractivity contribution in [3.05, 3.63) is 52.4 Å². The number of nitrogens with one attached hydrogen (secondary N) is 1. The van der Waals surface area contributed by atoms with Gasteiger partial charge in [0.1, 0.15) is 9.88 Å². The average molecular weight is 355 g/mol. The molecule has 0 spiro atoms. The molecule has 0 fully saturated rings. The maximum Gasteiger partial charge on any atom is 0.350 e. The number of benzene rings is 1. The van der Waals surface area contributed by atoms with Crippen molar-refractivity contribution in [3.8, 4) is 17.3 Å². The summed E-state index contributed by atoms with van der Waals surface area (Å²) in [7, 11) is 1.31. The lowest BCUT2D eigenvalue weighted by Crippen LogP contribution is -2.22. The van der Waals surface area contributed by atoms with Crippen LogP contribution in [0.25, 0.3) is 11.3 Å². The summed E-state index contributed by atoms with van der Waals surface area (Å²) in [4.78, 5) is 28.5. The largest absolute Gasteiger partial charge is 0.465 e. The fourth-order valence-corrected chi connectivity index (χ4v) is 3.01. The molecule has 2 aromatic rings. The first kappa shape index (κ1) is 18.4. The summed E-state index contributed by atoms with van der Waals surface area (Å²) in [5.74, 6) is -0.587. The molecule has 25 heavy (non-hydrogen) atoms. The van der Waals surface area contributed by atoms with Crippen molar-refractivity contribution in [2.24, 2.45) is 0 Å². The molecule has 0 aliphatic rings. The monoisotopic (exact) mass is 355 g/mol. The minimum absolute atomic E-state index is 0.102. The fourth-order valence-electron chi connectivity index (χ4n) is 2.07. The number of amides is 1. The number of hydrogen-bond donors (Lipinski definition) is 1. The van der Waals surface area contributed by atoms with E-state index in [9.17, 15) is 9.59 Å². The Morgan fingerprint density at radius 3 is 2.72 bits per heavy atom. The number of aromatic nitrogens is 1. The molecule has 128 valence electrons. The van der Waals surface area contributed by atoms with Crippen molar-refractivity contribution in [1.82, 2.24) is 10.3 Å². The van der Waals surface area contributed by atoms with E-state index in [-0.39, 0.29) is 12.5 Å². The number of carbonyl (C=O) groups excluding carboxylic acids is 2. The Labute approximate surface area is 149 Å². The molecular weight excluding hydrogens is 338 g/mol. The predicted molar refractivity (Wildman–Crippen MR) is 94.9 cm³/mol. The number of methoxy groups -OCH3 is 1. The number of ether oxygens (including phenoxy) is 1. The number of esters is 1. The van der Waals surface area contributed by atoms with Crippen LogP contribution in [0.4, 0.5) is 0 Å². The van der Waals surface area contributed by atoms with E-state index >= 15 is 0 Å². The first-order valence-electron chi connectivity index (χ1n) is 7.55. The third-order valence-corrected chi connectivity index (χ3v) is 4.38. The molecule has 0 saturated carbocycles. The standard InChI is InChI=1S/C18H17N3O3S/c1-3-4-5-14(22)20-11-15-21-16(17(25-15)18(23)24-2)13-8-6-12(10-19)7-9-13/h3,6-9H,1,4-5,11H2,2H3,(H,20,22). The first-order chi connectivity index (χ1) is 12.1. The summed E-state index contributed by atoms with van der Waals surface area (Å²) < 4.78 is 4.82. The molecule has 0 unspecified atom stereocenters. The average Bonchev–Trinajstić information content (AvgIpc) is 3.08. The zero-order valence-corrected chi connectivity index (χ0v) is 14.6. The van der Waals surface area contributed by atoms with Gasteiger partial charge in [0, 0.05) is 12.0 Å². The Balaban J connectivity index is 2.24. The van der Waals surface area contributed by atoms with Gasteiger partial charge in [-0.25, -0.2) is 9.78 Å². The minimum atomic E-state index is -0.485. The third-order valence-electron chi connectivity index (χ3n) is 3.34. The predicted octanol–water partition coefficient (Wildman–Crippen LogP) is 3.05. The Bertz CT molecular complexity index is 819. The van der Waals surface area contributed by atoms with E-state index in [1.165, 1.54) is 18.4 Å². The van der Waals surface area contributed by atoms with Gasteiger partial charge in [-0.2, -0.15) is 5.26 Å². The van der Waals surface area contributed by atoms with Crippen molar-refractivity contribution < 1.29 is 14.3 Å². The Hall–Kier alpha value is -2.98. The van der Waals surface area contributed by atoms with E-state index in [0.29, 0.717) is 39.5 Å². The van der Waals surface area contributed by atoms with Gasteiger partial charge in [0.15, 0.2) is 0 Å². The maximum absolute atomic E-state index is 12.0. The van der Waals surface area contributed by atoms with Crippen LogP contribution in [0.15, 0.2) is 36.9 Å². The molecule has 0 atom stereocenters. The topological polar surface area (TPSA) is 92.1 Å². The fraction of sp³-hybridized carbons (Fsp3) is 0.222. The lowest BCUT2D eigenvalue weighted by molar-refractivity contribution is -0.121. The number of thiazole rings is 1. The molecule has 1 aromatic carbocycles. The zero-order valence-electron chi connectivity index (χ0n) is 13.7. The van der Waals surface area contributed by atoms with Crippen LogP contribution in [-0.2, 0) is 16.1 Å². The Kier molecular flexibility index (Phi) is 6.43. The summed E-state index contributed by atoms with van der Waals surface area (Å²) >= 11 is 1.18. The summed E-state index contributed by atoms with van der Waals surface area (Å²) in [6.45, 7) is 3.82. The van der Waals surface area contributed by atoms with Gasteiger partial charge in [0.2, 0.25) is 5.91 Å². The van der Waals surface area contributed by atoms with Crippen molar-refractivity contribution in [2.75, 3.05) is 7.11 Å². The van der Waals surface area contributed by atoms with Crippen LogP contribution in [0.5, 0.6) is 0 Å². The highest BCUT2D eigenvalue weighted by molar-refractivity contribution is 7.14. The molecule has 0 radical (unpaired) electrons. The van der Waals surface area contributed by atoms with Crippen LogP contribution in [0.3, 0.4) is 0 Å². The van der Waals surface area contributed by atoms with Crippen LogP contribution in [0, 0.1) is 11.3 Å². The molecule has 1 aromatic heterocycles. The minimum Gasteiger partial charge on any atom is -0.465 e. The normalized spacial score (nSPS) is 9.92. The molecule has 0 aliphatic carbocycles. The van der Waals surface area contributed by atoms with Gasteiger partial charge in [0.25, 0.3) is 0 Å². The SMILES string of the molecule is C=CCCC(=O)NCc1nc(-c2ccc(C#N)cc2)c(C(=O)OC)s1. The molecular formula is C18H17N3O3S. The molecule has 6 nitrogen and oxygen atoms in total. The zero-order chi connectivity index (χ0) is 18.2. The van der Waals surface area contributed by atoms with Gasteiger partial charge in [0.05, 0.1) is 31.0 Å². The van der Waals surface area contributed by atoms with Crippen molar-refractivity contribution in [1.29, 1.82) is 5.26 Å². The van der Waals surface area contributed by atoms with Gasteiger partial charge >= 0.3 is 5.97 Å². The molecule has 0 saturated heterocycles. The first-order valence-corrected chi connectivity index (χ1v) is 8.36. The van der Waals surface area contributed by atoms with Crippen LogP contribution in [-0.4, -0.2) is 24.0 Å². The van der Waals surface area contributed by atoms with Gasteiger partial charge in [-0.3, -0.25) is 4.79 Å². The van der Waals surface area contributed by atoms with E-state index in [1.807, 2.05) is 6.07 Å². The summed E-state index contributed by atoms with van der Waals surface area (Å²) in [5.41, 5.74) is 1.71. The summed E-state index contributed by atoms with van der Waals surface area (Å²) in [6, 6.07) is 8.82. The molecule has 7 heteroatoms. The van der Waals surface area contributed by atoms with Gasteiger partial charge < -0.3 is 10.1 Å². The Morgan fingerprint density at radius 2 is 2.12 bits per heavy atom. The second-order valence-corrected chi connectivity index (χ2v) is 6.15. The summed E-state index contributed by atoms with van der Waals surface area (Å²) in [6.07, 6.45) is 2.65. The Morgan fingerprint density at radius 1 is 1.40 bits per heavy atom. The number of nitriles is 1. The molecule has 0 aliphatic heterocycles. The molecule has 2 rings (SSSR count). The molecule has 1 heterocycles. The van der Waals surface area contributed by atoms with E-state index in [2.05, 4.69) is 16.9 Å². The van der Waals surface area contributed by atoms with Crippen molar-refractivity contribution in [2.45, 2.75) is 19.4 Å². The van der Waals surface area contributed by atoms with Crippen LogP contribution >= 0.6 is 11.3 Å². The highest BCUT2D eigenvalue weighted by Gasteiger charge is 2.20. The molecule has 0 bridgehead atoms. The smallest absolute Gasteiger partial charge is 0.350 e. The number of nitrogens with zero attached hydrogens (tertiary/aromatic N) is 2. The highest BCUT2D eigenvalue weighted by atomic mass is 32.1. The number of rotatable bonds is 7. The van der Waals surface area contributed by atoms with Gasteiger partial charge in [-0.05, 0) is 18.6 Å². The lowest BCUT2D eigenvalue weighted by Gasteiger charge is -2.01. The second kappa shape index (κ2) is 8.76. The van der Waals surface area contributed by atoms with Crippen molar-refractivity contribution >= 4 is 23.2 Å². The molecule has 1 amide bonds. The van der Waals surface area contributed by atoms with Crippen LogP contribution in [0.1, 0.15) is 33.1 Å². The lowest BCUT2D eigenvalue weighted by atomic mass is 10.1. The van der Waals surface area contributed by atoms with Crippen LogP contribution in [0.2, 0.25) is 0 Å². The third kappa shape index (κ3) is 4.75. The molecule has 1 N–H and O–H groups in total. The summed E-state index contributed by atoms with van der Waals surface area (Å²) in [5, 5.41) is 12.3. The second-order valence-electron chi connectivity index (χ2n) is 5.07. The van der Waals surface area contributed by atoms with Crippen molar-refractivity contribution in [3.63, 3.8) is 0 Å². The van der Waals surface area contributed by atoms with E-state index in [0.717, 1.165) is 0 Å².